The number of H-pyrrole nitrogens is 1. The molecule has 0 aliphatic heterocycles. The normalized spacial score (nSPS) is 10.7. The lowest BCUT2D eigenvalue weighted by molar-refractivity contribution is 0.0475. The molecule has 3 rings (SSSR count). The number of fused-ring (bicyclic) bond motifs is 1. The highest BCUT2D eigenvalue weighted by molar-refractivity contribution is 6.09. The van der Waals surface area contributed by atoms with E-state index in [-0.39, 0.29) is 12.4 Å². The summed E-state index contributed by atoms with van der Waals surface area (Å²) in [6, 6.07) is 13.0. The van der Waals surface area contributed by atoms with Crippen molar-refractivity contribution in [3.8, 4) is 0 Å². The Kier molecular flexibility index (Phi) is 5.07. The molecule has 5 nitrogen and oxygen atoms in total. The van der Waals surface area contributed by atoms with Gasteiger partial charge in [-0.05, 0) is 30.2 Å². The molecular weight excluding hydrogens is 328 g/mol. The molecule has 0 spiro atoms. The summed E-state index contributed by atoms with van der Waals surface area (Å²) in [6.07, 6.45) is 2.56. The second kappa shape index (κ2) is 7.44. The van der Waals surface area contributed by atoms with Crippen LogP contribution >= 0.6 is 0 Å². The number of Topliss-reactive ketones (excluding diaryl/α,β-unsaturated/α-hetero) is 1. The Morgan fingerprint density at radius 2 is 1.88 bits per heavy atom. The van der Waals surface area contributed by atoms with Crippen LogP contribution in [0.25, 0.3) is 10.9 Å². The predicted molar refractivity (Wildman–Crippen MR) is 103 cm³/mol. The number of aromatic amines is 1. The topological polar surface area (TPSA) is 62.4 Å². The molecule has 26 heavy (non-hydrogen) atoms. The summed E-state index contributed by atoms with van der Waals surface area (Å²) in [4.78, 5) is 29.8. The van der Waals surface area contributed by atoms with E-state index in [1.807, 2.05) is 43.3 Å². The van der Waals surface area contributed by atoms with E-state index in [4.69, 9.17) is 4.74 Å². The van der Waals surface area contributed by atoms with Crippen molar-refractivity contribution in [3.05, 3.63) is 65.4 Å². The lowest BCUT2D eigenvalue weighted by atomic mass is 10.1. The zero-order valence-electron chi connectivity index (χ0n) is 15.2. The van der Waals surface area contributed by atoms with Crippen LogP contribution in [0.15, 0.2) is 48.7 Å². The minimum Gasteiger partial charge on any atom is -0.454 e. The molecule has 0 fully saturated rings. The molecule has 1 N–H and O–H groups in total. The van der Waals surface area contributed by atoms with Gasteiger partial charge in [0.05, 0.1) is 5.56 Å². The molecule has 2 aromatic carbocycles. The lowest BCUT2D eigenvalue weighted by Crippen LogP contribution is -2.15. The molecule has 0 aliphatic rings. The number of benzene rings is 2. The number of nitrogens with one attached hydrogen (secondary N) is 1. The summed E-state index contributed by atoms with van der Waals surface area (Å²) < 4.78 is 5.23. The largest absolute Gasteiger partial charge is 0.454 e. The van der Waals surface area contributed by atoms with Gasteiger partial charge in [0.25, 0.3) is 0 Å². The number of esters is 1. The van der Waals surface area contributed by atoms with E-state index in [1.165, 1.54) is 0 Å². The smallest absolute Gasteiger partial charge is 0.338 e. The molecule has 0 radical (unpaired) electrons. The van der Waals surface area contributed by atoms with Gasteiger partial charge in [-0.3, -0.25) is 4.79 Å². The van der Waals surface area contributed by atoms with Crippen molar-refractivity contribution in [2.75, 3.05) is 25.6 Å². The Morgan fingerprint density at radius 3 is 2.62 bits per heavy atom. The molecule has 134 valence electrons. The lowest BCUT2D eigenvalue weighted by Gasteiger charge is -2.13. The number of anilines is 1. The molecule has 1 aromatic heterocycles. The highest BCUT2D eigenvalue weighted by atomic mass is 16.5. The fraction of sp³-hybridized carbons (Fsp3) is 0.238. The number of aryl methyl sites for hydroxylation is 1. The highest BCUT2D eigenvalue weighted by Gasteiger charge is 2.16. The molecule has 0 amide bonds. The van der Waals surface area contributed by atoms with Gasteiger partial charge in [-0.25, -0.2) is 4.79 Å². The van der Waals surface area contributed by atoms with Crippen molar-refractivity contribution >= 4 is 28.3 Å². The van der Waals surface area contributed by atoms with Gasteiger partial charge in [-0.2, -0.15) is 0 Å². The zero-order valence-corrected chi connectivity index (χ0v) is 15.2. The summed E-state index contributed by atoms with van der Waals surface area (Å²) in [5.74, 6) is -0.724. The second-order valence-corrected chi connectivity index (χ2v) is 6.34. The first kappa shape index (κ1) is 17.7. The number of rotatable bonds is 6. The number of hydrogen-bond acceptors (Lipinski definition) is 4. The van der Waals surface area contributed by atoms with Crippen LogP contribution in [0.1, 0.15) is 33.2 Å². The van der Waals surface area contributed by atoms with Crippen molar-refractivity contribution in [2.45, 2.75) is 13.3 Å². The Balaban J connectivity index is 1.73. The monoisotopic (exact) mass is 350 g/mol. The molecule has 0 saturated heterocycles. The van der Waals surface area contributed by atoms with Crippen LogP contribution in [0.5, 0.6) is 0 Å². The van der Waals surface area contributed by atoms with E-state index in [1.54, 1.807) is 24.4 Å². The number of ether oxygens (including phenoxy) is 1. The first-order valence-corrected chi connectivity index (χ1v) is 8.58. The molecule has 0 aliphatic carbocycles. The summed E-state index contributed by atoms with van der Waals surface area (Å²) in [5, 5.41) is 0.861. The van der Waals surface area contributed by atoms with Crippen molar-refractivity contribution in [1.82, 2.24) is 4.98 Å². The van der Waals surface area contributed by atoms with E-state index in [0.29, 0.717) is 11.1 Å². The van der Waals surface area contributed by atoms with Gasteiger partial charge in [-0.15, -0.1) is 0 Å². The van der Waals surface area contributed by atoms with Crippen LogP contribution in [0.2, 0.25) is 0 Å². The number of carbonyl (C=O) groups is 2. The van der Waals surface area contributed by atoms with Crippen LogP contribution in [0.4, 0.5) is 5.69 Å². The van der Waals surface area contributed by atoms with Gasteiger partial charge >= 0.3 is 5.97 Å². The predicted octanol–water partition coefficient (Wildman–Crippen LogP) is 3.84. The Bertz CT molecular complexity index is 957. The van der Waals surface area contributed by atoms with Gasteiger partial charge in [0, 0.05) is 42.4 Å². The van der Waals surface area contributed by atoms with Crippen molar-refractivity contribution in [2.24, 2.45) is 0 Å². The van der Waals surface area contributed by atoms with E-state index < -0.39 is 5.97 Å². The maximum absolute atomic E-state index is 12.5. The van der Waals surface area contributed by atoms with Crippen molar-refractivity contribution < 1.29 is 14.3 Å². The van der Waals surface area contributed by atoms with Gasteiger partial charge in [0.2, 0.25) is 5.78 Å². The Hall–Kier alpha value is -3.08. The van der Waals surface area contributed by atoms with E-state index in [2.05, 4.69) is 11.9 Å². The minimum absolute atomic E-state index is 0.221. The summed E-state index contributed by atoms with van der Waals surface area (Å²) in [7, 11) is 3.80. The average Bonchev–Trinajstić information content (AvgIpc) is 3.10. The maximum Gasteiger partial charge on any atom is 0.338 e. The third kappa shape index (κ3) is 3.47. The molecule has 0 bridgehead atoms. The molecule has 1 heterocycles. The van der Waals surface area contributed by atoms with Crippen LogP contribution in [0, 0.1) is 0 Å². The van der Waals surface area contributed by atoms with Gasteiger partial charge in [-0.1, -0.05) is 31.2 Å². The van der Waals surface area contributed by atoms with Crippen LogP contribution in [0.3, 0.4) is 0 Å². The first-order valence-electron chi connectivity index (χ1n) is 8.58. The number of nitrogens with zero attached hydrogens (tertiary/aromatic N) is 1. The number of aromatic nitrogens is 1. The standard InChI is InChI=1S/C21H22N2O3/c1-4-14-7-6-10-17-18(12-22-20(14)17)19(24)13-26-21(25)15-8-5-9-16(11-15)23(2)3/h5-12,22H,4,13H2,1-3H3. The number of para-hydroxylation sites is 1. The number of carbonyl (C=O) groups excluding carboxylic acids is 2. The zero-order chi connectivity index (χ0) is 18.7. The maximum atomic E-state index is 12.5. The van der Waals surface area contributed by atoms with Gasteiger partial charge < -0.3 is 14.6 Å². The molecule has 0 atom stereocenters. The first-order chi connectivity index (χ1) is 12.5. The molecular formula is C21H22N2O3. The second-order valence-electron chi connectivity index (χ2n) is 6.34. The number of ketones is 1. The third-order valence-corrected chi connectivity index (χ3v) is 4.42. The summed E-state index contributed by atoms with van der Waals surface area (Å²) in [6.45, 7) is 1.79. The summed E-state index contributed by atoms with van der Waals surface area (Å²) in [5.41, 5.74) is 3.98. The number of hydrogen-bond donors (Lipinski definition) is 1. The SMILES string of the molecule is CCc1cccc2c(C(=O)COC(=O)c3cccc(N(C)C)c3)c[nH]c12. The van der Waals surface area contributed by atoms with Crippen LogP contribution < -0.4 is 4.90 Å². The van der Waals surface area contributed by atoms with E-state index in [0.717, 1.165) is 28.6 Å². The fourth-order valence-electron chi connectivity index (χ4n) is 2.95. The average molecular weight is 350 g/mol. The quantitative estimate of drug-likeness (QED) is 0.542. The third-order valence-electron chi connectivity index (χ3n) is 4.42. The van der Waals surface area contributed by atoms with E-state index in [9.17, 15) is 9.59 Å². The molecule has 5 heteroatoms. The molecule has 0 saturated carbocycles. The van der Waals surface area contributed by atoms with Crippen molar-refractivity contribution in [3.63, 3.8) is 0 Å². The Morgan fingerprint density at radius 1 is 1.12 bits per heavy atom. The van der Waals surface area contributed by atoms with Gasteiger partial charge in [0.15, 0.2) is 6.61 Å². The van der Waals surface area contributed by atoms with Crippen LogP contribution in [-0.2, 0) is 11.2 Å². The summed E-state index contributed by atoms with van der Waals surface area (Å²) >= 11 is 0. The molecule has 3 aromatic rings. The van der Waals surface area contributed by atoms with Crippen LogP contribution in [-0.4, -0.2) is 37.4 Å². The Labute approximate surface area is 152 Å². The highest BCUT2D eigenvalue weighted by Crippen LogP contribution is 2.23. The van der Waals surface area contributed by atoms with Crippen molar-refractivity contribution in [1.29, 1.82) is 0 Å². The van der Waals surface area contributed by atoms with Gasteiger partial charge in [0.1, 0.15) is 0 Å². The minimum atomic E-state index is -0.504. The molecule has 0 unspecified atom stereocenters. The van der Waals surface area contributed by atoms with E-state index >= 15 is 0 Å². The fourth-order valence-corrected chi connectivity index (χ4v) is 2.95.